The van der Waals surface area contributed by atoms with Gasteiger partial charge in [0.15, 0.2) is 0 Å². The molecule has 0 aliphatic carbocycles. The largest absolute Gasteiger partial charge is 0.370 e. The van der Waals surface area contributed by atoms with Crippen molar-refractivity contribution in [3.8, 4) is 0 Å². The lowest BCUT2D eigenvalue weighted by Crippen LogP contribution is -2.01. The third-order valence-corrected chi connectivity index (χ3v) is 2.03. The maximum atomic E-state index is 9.22. The number of hydrogen-bond donors (Lipinski definition) is 1. The van der Waals surface area contributed by atoms with Crippen LogP contribution in [0.1, 0.15) is 39.7 Å². The van der Waals surface area contributed by atoms with Crippen molar-refractivity contribution in [2.45, 2.75) is 41.0 Å². The maximum absolute atomic E-state index is 9.22. The van der Waals surface area contributed by atoms with E-state index in [0.717, 1.165) is 10.9 Å². The van der Waals surface area contributed by atoms with Crippen molar-refractivity contribution in [1.29, 1.82) is 0 Å². The average Bonchev–Trinajstić information content (AvgIpc) is 2.17. The molecule has 1 aromatic rings. The molecule has 0 aromatic heterocycles. The zero-order valence-corrected chi connectivity index (χ0v) is 12.2. The Morgan fingerprint density at radius 3 is 2.00 bits per heavy atom. The van der Waals surface area contributed by atoms with E-state index < -0.39 is 0 Å². The Labute approximate surface area is 110 Å². The number of primary amides is 1. The Hall–Kier alpha value is -1.02. The van der Waals surface area contributed by atoms with Crippen LogP contribution in [-0.2, 0) is 4.79 Å². The highest BCUT2D eigenvalue weighted by atomic mass is 35.5. The fourth-order valence-electron chi connectivity index (χ4n) is 0.606. The molecule has 1 rings (SSSR count). The van der Waals surface area contributed by atoms with Crippen LogP contribution in [0.2, 0.25) is 5.02 Å². The van der Waals surface area contributed by atoms with Gasteiger partial charge in [-0.3, -0.25) is 4.79 Å². The molecule has 0 unspecified atom stereocenters. The van der Waals surface area contributed by atoms with Gasteiger partial charge >= 0.3 is 0 Å². The molecule has 0 aliphatic rings. The summed E-state index contributed by atoms with van der Waals surface area (Å²) in [5.74, 6) is 0.551. The van der Waals surface area contributed by atoms with Crippen LogP contribution in [0.15, 0.2) is 24.3 Å². The summed E-state index contributed by atoms with van der Waals surface area (Å²) in [5.41, 5.74) is 5.68. The lowest BCUT2D eigenvalue weighted by Gasteiger charge is -1.90. The topological polar surface area (TPSA) is 43.1 Å². The molecule has 0 spiro atoms. The summed E-state index contributed by atoms with van der Waals surface area (Å²) in [5, 5.41) is 0.810. The van der Waals surface area contributed by atoms with Crippen LogP contribution in [0.3, 0.4) is 0 Å². The first-order valence-corrected chi connectivity index (χ1v) is 6.15. The second kappa shape index (κ2) is 11.5. The third-order valence-electron chi connectivity index (χ3n) is 1.80. The SMILES string of the molecule is CC(N)=O.CCC(C)C.Cc1cccc(Cl)c1. The van der Waals surface area contributed by atoms with E-state index in [0.29, 0.717) is 0 Å². The summed E-state index contributed by atoms with van der Waals surface area (Å²) < 4.78 is 0. The van der Waals surface area contributed by atoms with Gasteiger partial charge in [0.05, 0.1) is 0 Å². The van der Waals surface area contributed by atoms with Crippen LogP contribution in [0.5, 0.6) is 0 Å². The zero-order valence-electron chi connectivity index (χ0n) is 11.5. The monoisotopic (exact) mass is 257 g/mol. The zero-order chi connectivity index (χ0) is 13.8. The van der Waals surface area contributed by atoms with Crippen molar-refractivity contribution in [3.63, 3.8) is 0 Å². The van der Waals surface area contributed by atoms with E-state index >= 15 is 0 Å². The van der Waals surface area contributed by atoms with E-state index in [4.69, 9.17) is 11.6 Å². The van der Waals surface area contributed by atoms with Gasteiger partial charge in [0, 0.05) is 11.9 Å². The van der Waals surface area contributed by atoms with Crippen LogP contribution in [-0.4, -0.2) is 5.91 Å². The van der Waals surface area contributed by atoms with Gasteiger partial charge in [-0.2, -0.15) is 0 Å². The van der Waals surface area contributed by atoms with Crippen molar-refractivity contribution in [2.75, 3.05) is 0 Å². The highest BCUT2D eigenvalue weighted by Crippen LogP contribution is 2.08. The summed E-state index contributed by atoms with van der Waals surface area (Å²) in [6.45, 7) is 9.97. The van der Waals surface area contributed by atoms with E-state index in [9.17, 15) is 4.79 Å². The van der Waals surface area contributed by atoms with E-state index in [1.54, 1.807) is 0 Å². The van der Waals surface area contributed by atoms with E-state index in [2.05, 4.69) is 26.5 Å². The minimum atomic E-state index is -0.333. The fraction of sp³-hybridized carbons (Fsp3) is 0.500. The predicted octanol–water partition coefficient (Wildman–Crippen LogP) is 4.19. The molecule has 0 fully saturated rings. The second-order valence-corrected chi connectivity index (χ2v) is 4.65. The number of rotatable bonds is 1. The smallest absolute Gasteiger partial charge is 0.214 e. The van der Waals surface area contributed by atoms with E-state index in [1.165, 1.54) is 18.9 Å². The molecule has 0 radical (unpaired) electrons. The molecule has 1 amide bonds. The molecule has 2 nitrogen and oxygen atoms in total. The van der Waals surface area contributed by atoms with E-state index in [1.807, 2.05) is 31.2 Å². The highest BCUT2D eigenvalue weighted by molar-refractivity contribution is 6.30. The molecule has 3 heteroatoms. The normalized spacial score (nSPS) is 8.65. The van der Waals surface area contributed by atoms with Crippen molar-refractivity contribution >= 4 is 17.5 Å². The molecule has 2 N–H and O–H groups in total. The highest BCUT2D eigenvalue weighted by Gasteiger charge is 1.83. The van der Waals surface area contributed by atoms with Gasteiger partial charge < -0.3 is 5.73 Å². The first-order chi connectivity index (χ1) is 7.79. The van der Waals surface area contributed by atoms with Crippen LogP contribution in [0.25, 0.3) is 0 Å². The fourth-order valence-corrected chi connectivity index (χ4v) is 0.850. The Morgan fingerprint density at radius 1 is 1.41 bits per heavy atom. The Bertz CT molecular complexity index is 290. The number of nitrogens with two attached hydrogens (primary N) is 1. The second-order valence-electron chi connectivity index (χ2n) is 4.21. The predicted molar refractivity (Wildman–Crippen MR) is 76.2 cm³/mol. The molecule has 1 aromatic carbocycles. The van der Waals surface area contributed by atoms with Gasteiger partial charge in [0.25, 0.3) is 0 Å². The molecule has 0 saturated heterocycles. The average molecular weight is 258 g/mol. The van der Waals surface area contributed by atoms with Gasteiger partial charge in [-0.25, -0.2) is 0 Å². The third kappa shape index (κ3) is 20.9. The first kappa shape index (κ1) is 18.3. The van der Waals surface area contributed by atoms with Gasteiger partial charge in [-0.05, 0) is 30.5 Å². The number of carbonyl (C=O) groups is 1. The summed E-state index contributed by atoms with van der Waals surface area (Å²) in [6, 6.07) is 7.76. The van der Waals surface area contributed by atoms with Crippen LogP contribution >= 0.6 is 11.6 Å². The van der Waals surface area contributed by atoms with Crippen molar-refractivity contribution in [1.82, 2.24) is 0 Å². The minimum Gasteiger partial charge on any atom is -0.370 e. The summed E-state index contributed by atoms with van der Waals surface area (Å²) in [7, 11) is 0. The molecule has 17 heavy (non-hydrogen) atoms. The van der Waals surface area contributed by atoms with Gasteiger partial charge in [0.2, 0.25) is 5.91 Å². The van der Waals surface area contributed by atoms with Crippen LogP contribution in [0.4, 0.5) is 0 Å². The minimum absolute atomic E-state index is 0.333. The molecule has 0 bridgehead atoms. The maximum Gasteiger partial charge on any atom is 0.214 e. The van der Waals surface area contributed by atoms with Crippen LogP contribution < -0.4 is 5.73 Å². The number of halogens is 1. The molecular formula is C14H24ClNO. The number of benzene rings is 1. The number of carbonyl (C=O) groups excluding carboxylic acids is 1. The van der Waals surface area contributed by atoms with Gasteiger partial charge in [-0.1, -0.05) is 50.9 Å². The van der Waals surface area contributed by atoms with Gasteiger partial charge in [-0.15, -0.1) is 0 Å². The first-order valence-electron chi connectivity index (χ1n) is 5.77. The molecule has 0 atom stereocenters. The molecule has 0 saturated carbocycles. The van der Waals surface area contributed by atoms with E-state index in [-0.39, 0.29) is 5.91 Å². The van der Waals surface area contributed by atoms with Crippen LogP contribution in [0, 0.1) is 12.8 Å². The van der Waals surface area contributed by atoms with Crippen molar-refractivity contribution in [2.24, 2.45) is 11.7 Å². The molecule has 0 heterocycles. The number of aryl methyl sites for hydroxylation is 1. The lowest BCUT2D eigenvalue weighted by atomic mass is 10.2. The number of hydrogen-bond acceptors (Lipinski definition) is 1. The molecular weight excluding hydrogens is 234 g/mol. The molecule has 98 valence electrons. The summed E-state index contributed by atoms with van der Waals surface area (Å²) >= 11 is 5.64. The Morgan fingerprint density at radius 2 is 1.82 bits per heavy atom. The Balaban J connectivity index is 0. The number of amides is 1. The van der Waals surface area contributed by atoms with Crippen molar-refractivity contribution in [3.05, 3.63) is 34.9 Å². The van der Waals surface area contributed by atoms with Crippen molar-refractivity contribution < 1.29 is 4.79 Å². The lowest BCUT2D eigenvalue weighted by molar-refractivity contribution is -0.115. The Kier molecular flexibility index (Phi) is 12.4. The summed E-state index contributed by atoms with van der Waals surface area (Å²) in [6.07, 6.45) is 1.31. The molecule has 0 aliphatic heterocycles. The standard InChI is InChI=1S/C7H7Cl.C5H12.C2H5NO/c1-6-3-2-4-7(8)5-6;1-4-5(2)3;1-2(3)4/h2-5H,1H3;5H,4H2,1-3H3;1H3,(H2,3,4). The van der Waals surface area contributed by atoms with Gasteiger partial charge in [0.1, 0.15) is 0 Å². The quantitative estimate of drug-likeness (QED) is 0.805. The summed E-state index contributed by atoms with van der Waals surface area (Å²) in [4.78, 5) is 9.22.